The molecule has 1 aromatic heterocycles. The molecule has 0 radical (unpaired) electrons. The van der Waals surface area contributed by atoms with E-state index >= 15 is 0 Å². The highest BCUT2D eigenvalue weighted by Gasteiger charge is 2.20. The van der Waals surface area contributed by atoms with Crippen molar-refractivity contribution < 1.29 is 4.79 Å². The summed E-state index contributed by atoms with van der Waals surface area (Å²) in [6.07, 6.45) is 2.02. The minimum absolute atomic E-state index is 0.0140. The highest BCUT2D eigenvalue weighted by Crippen LogP contribution is 2.33. The first kappa shape index (κ1) is 26.6. The van der Waals surface area contributed by atoms with Crippen molar-refractivity contribution in [3.63, 3.8) is 0 Å². The second-order valence-electron chi connectivity index (χ2n) is 9.50. The number of hydrogen-bond donors (Lipinski definition) is 1. The number of aromatic nitrogens is 1. The minimum atomic E-state index is 0.0140. The van der Waals surface area contributed by atoms with E-state index in [4.69, 9.17) is 23.2 Å². The van der Waals surface area contributed by atoms with E-state index in [0.29, 0.717) is 16.6 Å². The monoisotopic (exact) mass is 526 g/mol. The number of aryl methyl sites for hydroxylation is 1. The molecule has 1 N–H and O–H groups in total. The third-order valence-corrected chi connectivity index (χ3v) is 7.91. The molecule has 1 aliphatic heterocycles. The molecule has 2 heterocycles. The fourth-order valence-corrected chi connectivity index (χ4v) is 5.37. The van der Waals surface area contributed by atoms with Crippen molar-refractivity contribution >= 4 is 34.8 Å². The number of nitrogens with one attached hydrogen (secondary N) is 1. The van der Waals surface area contributed by atoms with E-state index in [0.717, 1.165) is 80.3 Å². The number of carbonyl (C=O) groups is 1. The lowest BCUT2D eigenvalue weighted by Gasteiger charge is -2.36. The van der Waals surface area contributed by atoms with Crippen molar-refractivity contribution in [1.82, 2.24) is 14.8 Å². The summed E-state index contributed by atoms with van der Waals surface area (Å²) in [7, 11) is 0. The number of unbranched alkanes of at least 4 members (excludes halogenated alkanes) is 1. The predicted molar refractivity (Wildman–Crippen MR) is 152 cm³/mol. The van der Waals surface area contributed by atoms with E-state index < -0.39 is 0 Å². The van der Waals surface area contributed by atoms with Crippen molar-refractivity contribution in [2.45, 2.75) is 40.2 Å². The molecule has 1 amide bonds. The van der Waals surface area contributed by atoms with Crippen molar-refractivity contribution in [3.8, 4) is 11.3 Å². The molecule has 0 aliphatic carbocycles. The zero-order chi connectivity index (χ0) is 25.7. The van der Waals surface area contributed by atoms with Crippen LogP contribution >= 0.6 is 23.2 Å². The Balaban J connectivity index is 1.22. The third-order valence-electron chi connectivity index (χ3n) is 7.11. The Hall–Kier alpha value is -2.47. The van der Waals surface area contributed by atoms with Crippen LogP contribution < -0.4 is 10.2 Å². The Kier molecular flexibility index (Phi) is 9.00. The zero-order valence-electron chi connectivity index (χ0n) is 21.5. The van der Waals surface area contributed by atoms with E-state index in [1.165, 1.54) is 5.56 Å². The topological polar surface area (TPSA) is 40.5 Å². The van der Waals surface area contributed by atoms with E-state index in [-0.39, 0.29) is 5.91 Å². The number of benzene rings is 2. The van der Waals surface area contributed by atoms with Gasteiger partial charge < -0.3 is 14.8 Å². The molecule has 36 heavy (non-hydrogen) atoms. The van der Waals surface area contributed by atoms with Gasteiger partial charge >= 0.3 is 0 Å². The van der Waals surface area contributed by atoms with Crippen LogP contribution in [-0.2, 0) is 6.54 Å². The summed E-state index contributed by atoms with van der Waals surface area (Å²) < 4.78 is 2.22. The standard InChI is InChI=1S/C29H36Cl2N4O/c1-4-35-22(3)24(20-27(35)23-12-10-21(2)11-13-23)29(36)32-14-5-6-15-33-16-18-34(19-17-33)26-9-7-8-25(30)28(26)31/h7-13,20H,4-6,14-19H2,1-3H3,(H,32,36). The van der Waals surface area contributed by atoms with Gasteiger partial charge in [-0.05, 0) is 63.9 Å². The van der Waals surface area contributed by atoms with Gasteiger partial charge in [0, 0.05) is 50.7 Å². The number of piperazine rings is 1. The van der Waals surface area contributed by atoms with E-state index in [9.17, 15) is 4.79 Å². The van der Waals surface area contributed by atoms with E-state index in [1.54, 1.807) is 0 Å². The molecule has 0 bridgehead atoms. The maximum absolute atomic E-state index is 13.0. The summed E-state index contributed by atoms with van der Waals surface area (Å²) in [4.78, 5) is 17.7. The van der Waals surface area contributed by atoms with E-state index in [2.05, 4.69) is 57.8 Å². The average molecular weight is 528 g/mol. The largest absolute Gasteiger partial charge is 0.368 e. The summed E-state index contributed by atoms with van der Waals surface area (Å²) in [5.74, 6) is 0.0140. The molecule has 1 fully saturated rings. The van der Waals surface area contributed by atoms with E-state index in [1.807, 2.05) is 31.2 Å². The van der Waals surface area contributed by atoms with Gasteiger partial charge in [0.15, 0.2) is 0 Å². The maximum Gasteiger partial charge on any atom is 0.253 e. The molecule has 3 aromatic rings. The molecule has 2 aromatic carbocycles. The van der Waals surface area contributed by atoms with Gasteiger partial charge in [-0.15, -0.1) is 0 Å². The Morgan fingerprint density at radius 3 is 2.39 bits per heavy atom. The molecule has 1 saturated heterocycles. The van der Waals surface area contributed by atoms with Gasteiger partial charge in [0.2, 0.25) is 0 Å². The summed E-state index contributed by atoms with van der Waals surface area (Å²) >= 11 is 12.6. The average Bonchev–Trinajstić information content (AvgIpc) is 3.22. The highest BCUT2D eigenvalue weighted by atomic mass is 35.5. The molecule has 7 heteroatoms. The van der Waals surface area contributed by atoms with Gasteiger partial charge in [-0.2, -0.15) is 0 Å². The molecule has 4 rings (SSSR count). The number of anilines is 1. The number of amides is 1. The van der Waals surface area contributed by atoms with Crippen LogP contribution in [0.15, 0.2) is 48.5 Å². The molecular weight excluding hydrogens is 491 g/mol. The predicted octanol–water partition coefficient (Wildman–Crippen LogP) is 6.43. The van der Waals surface area contributed by atoms with Crippen LogP contribution in [0.4, 0.5) is 5.69 Å². The number of rotatable bonds is 9. The first-order chi connectivity index (χ1) is 17.4. The summed E-state index contributed by atoms with van der Waals surface area (Å²) in [6, 6.07) is 16.3. The SMILES string of the molecule is CCn1c(-c2ccc(C)cc2)cc(C(=O)NCCCCN2CCN(c3cccc(Cl)c3Cl)CC2)c1C. The van der Waals surface area contributed by atoms with Gasteiger partial charge in [0.1, 0.15) is 0 Å². The molecule has 0 saturated carbocycles. The van der Waals surface area contributed by atoms with Crippen LogP contribution in [0.3, 0.4) is 0 Å². The summed E-state index contributed by atoms with van der Waals surface area (Å²) in [6.45, 7) is 12.7. The lowest BCUT2D eigenvalue weighted by Crippen LogP contribution is -2.46. The first-order valence-electron chi connectivity index (χ1n) is 12.9. The second-order valence-corrected chi connectivity index (χ2v) is 10.3. The molecule has 5 nitrogen and oxygen atoms in total. The molecule has 1 aliphatic rings. The Morgan fingerprint density at radius 2 is 1.69 bits per heavy atom. The Labute approximate surface area is 225 Å². The second kappa shape index (κ2) is 12.2. The summed E-state index contributed by atoms with van der Waals surface area (Å²) in [5.41, 5.74) is 6.27. The molecule has 0 spiro atoms. The minimum Gasteiger partial charge on any atom is -0.368 e. The fraction of sp³-hybridized carbons (Fsp3) is 0.414. The van der Waals surface area contributed by atoms with Crippen molar-refractivity contribution in [2.75, 3.05) is 44.2 Å². The van der Waals surface area contributed by atoms with Crippen LogP contribution in [0, 0.1) is 13.8 Å². The van der Waals surface area contributed by atoms with Crippen LogP contribution in [0.25, 0.3) is 11.3 Å². The normalized spacial score (nSPS) is 14.3. The van der Waals surface area contributed by atoms with Crippen molar-refractivity contribution in [2.24, 2.45) is 0 Å². The lowest BCUT2D eigenvalue weighted by atomic mass is 10.1. The fourth-order valence-electron chi connectivity index (χ4n) is 4.95. The molecule has 0 unspecified atom stereocenters. The van der Waals surface area contributed by atoms with Crippen LogP contribution in [0.2, 0.25) is 10.0 Å². The molecule has 0 atom stereocenters. The van der Waals surface area contributed by atoms with Crippen LogP contribution in [0.5, 0.6) is 0 Å². The van der Waals surface area contributed by atoms with Crippen LogP contribution in [-0.4, -0.2) is 54.6 Å². The molecule has 192 valence electrons. The first-order valence-corrected chi connectivity index (χ1v) is 13.6. The molecular formula is C29H36Cl2N4O. The number of nitrogens with zero attached hydrogens (tertiary/aromatic N) is 3. The van der Waals surface area contributed by atoms with Gasteiger partial charge in [0.05, 0.1) is 21.3 Å². The quantitative estimate of drug-likeness (QED) is 0.326. The van der Waals surface area contributed by atoms with Crippen molar-refractivity contribution in [3.05, 3.63) is 75.4 Å². The number of halogens is 2. The zero-order valence-corrected chi connectivity index (χ0v) is 23.0. The highest BCUT2D eigenvalue weighted by molar-refractivity contribution is 6.43. The summed E-state index contributed by atoms with van der Waals surface area (Å²) in [5, 5.41) is 4.38. The number of carbonyl (C=O) groups excluding carboxylic acids is 1. The maximum atomic E-state index is 13.0. The van der Waals surface area contributed by atoms with Crippen molar-refractivity contribution in [1.29, 1.82) is 0 Å². The van der Waals surface area contributed by atoms with Gasteiger partial charge in [-0.1, -0.05) is 59.1 Å². The lowest BCUT2D eigenvalue weighted by molar-refractivity contribution is 0.0952. The van der Waals surface area contributed by atoms with Gasteiger partial charge in [0.25, 0.3) is 5.91 Å². The third kappa shape index (κ3) is 6.08. The van der Waals surface area contributed by atoms with Gasteiger partial charge in [-0.25, -0.2) is 0 Å². The smallest absolute Gasteiger partial charge is 0.253 e. The Morgan fingerprint density at radius 1 is 0.972 bits per heavy atom. The number of hydrogen-bond acceptors (Lipinski definition) is 3. The van der Waals surface area contributed by atoms with Crippen LogP contribution in [0.1, 0.15) is 41.4 Å². The Bertz CT molecular complexity index is 1180. The van der Waals surface area contributed by atoms with Gasteiger partial charge in [-0.3, -0.25) is 9.69 Å².